The number of aromatic carboxylic acids is 1. The quantitative estimate of drug-likeness (QED) is 0.424. The van der Waals surface area contributed by atoms with E-state index in [1.165, 1.54) is 12.1 Å². The maximum Gasteiger partial charge on any atom is 0.337 e. The molecule has 2 aromatic rings. The topological polar surface area (TPSA) is 134 Å². The maximum absolute atomic E-state index is 12.1. The van der Waals surface area contributed by atoms with Crippen LogP contribution in [0.25, 0.3) is 0 Å². The summed E-state index contributed by atoms with van der Waals surface area (Å²) in [5.41, 5.74) is 1.10. The summed E-state index contributed by atoms with van der Waals surface area (Å²) < 4.78 is 36.9. The van der Waals surface area contributed by atoms with Crippen molar-refractivity contribution in [2.24, 2.45) is 0 Å². The van der Waals surface area contributed by atoms with Crippen molar-refractivity contribution in [2.75, 3.05) is 39.2 Å². The molecule has 9 nitrogen and oxygen atoms in total. The number of rotatable bonds is 11. The molecule has 0 bridgehead atoms. The van der Waals surface area contributed by atoms with Crippen molar-refractivity contribution in [3.8, 4) is 11.5 Å². The van der Waals surface area contributed by atoms with Gasteiger partial charge in [-0.3, -0.25) is 0 Å². The van der Waals surface area contributed by atoms with E-state index < -0.39 is 16.0 Å². The van der Waals surface area contributed by atoms with Crippen LogP contribution >= 0.6 is 0 Å². The summed E-state index contributed by atoms with van der Waals surface area (Å²) in [7, 11) is -0.803. The van der Waals surface area contributed by atoms with Gasteiger partial charge in [-0.15, -0.1) is 0 Å². The van der Waals surface area contributed by atoms with E-state index in [9.17, 15) is 18.3 Å². The van der Waals surface area contributed by atoms with Gasteiger partial charge >= 0.3 is 5.97 Å². The number of ether oxygens (including phenoxy) is 2. The smallest absolute Gasteiger partial charge is 0.337 e. The van der Waals surface area contributed by atoms with Gasteiger partial charge in [0.05, 0.1) is 31.3 Å². The minimum absolute atomic E-state index is 0.157. The molecule has 0 atom stereocenters. The Morgan fingerprint density at radius 2 is 1.76 bits per heavy atom. The molecule has 0 amide bonds. The van der Waals surface area contributed by atoms with Gasteiger partial charge in [0.1, 0.15) is 0 Å². The zero-order valence-corrected chi connectivity index (χ0v) is 17.0. The lowest BCUT2D eigenvalue weighted by atomic mass is 10.1. The van der Waals surface area contributed by atoms with Crippen molar-refractivity contribution in [1.82, 2.24) is 4.72 Å². The van der Waals surface area contributed by atoms with E-state index in [4.69, 9.17) is 14.6 Å². The normalized spacial score (nSPS) is 11.1. The number of sulfonamides is 1. The molecule has 2 aromatic carbocycles. The van der Waals surface area contributed by atoms with Gasteiger partial charge in [0.15, 0.2) is 11.5 Å². The second-order valence-electron chi connectivity index (χ2n) is 6.00. The molecule has 0 aliphatic carbocycles. The highest BCUT2D eigenvalue weighted by atomic mass is 32.2. The lowest BCUT2D eigenvalue weighted by Gasteiger charge is -2.13. The third kappa shape index (κ3) is 5.83. The number of aliphatic hydroxyl groups excluding tert-OH is 1. The molecule has 2 rings (SSSR count). The first-order valence-electron chi connectivity index (χ1n) is 8.75. The molecule has 0 spiro atoms. The predicted molar refractivity (Wildman–Crippen MR) is 107 cm³/mol. The summed E-state index contributed by atoms with van der Waals surface area (Å²) in [4.78, 5) is 11.4. The first-order valence-corrected chi connectivity index (χ1v) is 10.2. The van der Waals surface area contributed by atoms with Gasteiger partial charge in [-0.05, 0) is 42.3 Å². The van der Waals surface area contributed by atoms with Crippen LogP contribution in [-0.4, -0.2) is 58.5 Å². The van der Waals surface area contributed by atoms with Crippen molar-refractivity contribution in [3.63, 3.8) is 0 Å². The summed E-state index contributed by atoms with van der Waals surface area (Å²) in [5.74, 6) is -0.0389. The molecular formula is C19H24N2O7S. The van der Waals surface area contributed by atoms with E-state index in [1.807, 2.05) is 12.1 Å². The predicted octanol–water partition coefficient (Wildman–Crippen LogP) is 1.33. The number of anilines is 1. The molecule has 0 radical (unpaired) electrons. The number of carbonyl (C=O) groups is 1. The van der Waals surface area contributed by atoms with E-state index >= 15 is 0 Å². The minimum atomic E-state index is -3.90. The fourth-order valence-corrected chi connectivity index (χ4v) is 3.71. The van der Waals surface area contributed by atoms with Crippen molar-refractivity contribution < 1.29 is 32.9 Å². The molecule has 158 valence electrons. The van der Waals surface area contributed by atoms with Crippen LogP contribution in [0, 0.1) is 0 Å². The standard InChI is InChI=1S/C19H24N2O7S/c1-27-17-6-3-13(11-18(17)28-2)7-8-20-16-5-4-14(12-15(16)19(23)24)29(25,26)21-9-10-22/h3-6,11-12,20-22H,7-10H2,1-2H3,(H,23,24). The zero-order chi connectivity index (χ0) is 21.4. The average Bonchev–Trinajstić information content (AvgIpc) is 2.72. The van der Waals surface area contributed by atoms with Crippen LogP contribution in [0.4, 0.5) is 5.69 Å². The molecule has 4 N–H and O–H groups in total. The fourth-order valence-electron chi connectivity index (χ4n) is 2.66. The summed E-state index contributed by atoms with van der Waals surface area (Å²) in [6, 6.07) is 9.30. The van der Waals surface area contributed by atoms with Gasteiger partial charge in [-0.25, -0.2) is 17.9 Å². The van der Waals surface area contributed by atoms with E-state index in [0.717, 1.165) is 11.6 Å². The zero-order valence-electron chi connectivity index (χ0n) is 16.1. The van der Waals surface area contributed by atoms with Gasteiger partial charge in [0, 0.05) is 18.8 Å². The van der Waals surface area contributed by atoms with Gasteiger partial charge in [0.2, 0.25) is 10.0 Å². The van der Waals surface area contributed by atoms with E-state index in [1.54, 1.807) is 20.3 Å². The van der Waals surface area contributed by atoms with Gasteiger partial charge in [-0.2, -0.15) is 0 Å². The van der Waals surface area contributed by atoms with Crippen LogP contribution in [0.5, 0.6) is 11.5 Å². The fraction of sp³-hybridized carbons (Fsp3) is 0.316. The van der Waals surface area contributed by atoms with Gasteiger partial charge in [-0.1, -0.05) is 6.07 Å². The second kappa shape index (κ2) is 10.1. The molecule has 0 aromatic heterocycles. The van der Waals surface area contributed by atoms with E-state index in [0.29, 0.717) is 30.2 Å². The lowest BCUT2D eigenvalue weighted by molar-refractivity contribution is 0.0697. The summed E-state index contributed by atoms with van der Waals surface area (Å²) >= 11 is 0. The van der Waals surface area contributed by atoms with Crippen LogP contribution < -0.4 is 19.5 Å². The van der Waals surface area contributed by atoms with Gasteiger partial charge in [0.25, 0.3) is 0 Å². The molecule has 0 saturated carbocycles. The molecular weight excluding hydrogens is 400 g/mol. The number of carboxylic acid groups (broad SMARTS) is 1. The van der Waals surface area contributed by atoms with Crippen LogP contribution in [0.1, 0.15) is 15.9 Å². The summed E-state index contributed by atoms with van der Waals surface area (Å²) in [6.45, 7) is -0.0957. The Hall–Kier alpha value is -2.82. The molecule has 0 heterocycles. The number of carboxylic acids is 1. The van der Waals surface area contributed by atoms with E-state index in [2.05, 4.69) is 10.0 Å². The average molecular weight is 424 g/mol. The Bertz CT molecular complexity index is 961. The van der Waals surface area contributed by atoms with Crippen molar-refractivity contribution in [1.29, 1.82) is 0 Å². The van der Waals surface area contributed by atoms with Crippen molar-refractivity contribution in [3.05, 3.63) is 47.5 Å². The molecule has 29 heavy (non-hydrogen) atoms. The van der Waals surface area contributed by atoms with E-state index in [-0.39, 0.29) is 23.6 Å². The highest BCUT2D eigenvalue weighted by Gasteiger charge is 2.18. The summed E-state index contributed by atoms with van der Waals surface area (Å²) in [6.07, 6.45) is 0.581. The second-order valence-corrected chi connectivity index (χ2v) is 7.77. The Kier molecular flexibility index (Phi) is 7.82. The highest BCUT2D eigenvalue weighted by molar-refractivity contribution is 7.89. The number of methoxy groups -OCH3 is 2. The Morgan fingerprint density at radius 3 is 2.38 bits per heavy atom. The maximum atomic E-state index is 12.1. The number of hydrogen-bond acceptors (Lipinski definition) is 7. The summed E-state index contributed by atoms with van der Waals surface area (Å²) in [5, 5.41) is 21.2. The first kappa shape index (κ1) is 22.5. The largest absolute Gasteiger partial charge is 0.493 e. The molecule has 0 aliphatic heterocycles. The van der Waals surface area contributed by atoms with Crippen molar-refractivity contribution >= 4 is 21.7 Å². The molecule has 0 saturated heterocycles. The van der Waals surface area contributed by atoms with Crippen LogP contribution in [0.2, 0.25) is 0 Å². The number of hydrogen-bond donors (Lipinski definition) is 4. The van der Waals surface area contributed by atoms with Crippen LogP contribution in [-0.2, 0) is 16.4 Å². The lowest BCUT2D eigenvalue weighted by Crippen LogP contribution is -2.27. The number of nitrogens with one attached hydrogen (secondary N) is 2. The molecule has 10 heteroatoms. The molecule has 0 fully saturated rings. The Balaban J connectivity index is 2.14. The highest BCUT2D eigenvalue weighted by Crippen LogP contribution is 2.28. The van der Waals surface area contributed by atoms with Crippen LogP contribution in [0.15, 0.2) is 41.3 Å². The molecule has 0 aliphatic rings. The SMILES string of the molecule is COc1ccc(CCNc2ccc(S(=O)(=O)NCCO)cc2C(=O)O)cc1OC. The Morgan fingerprint density at radius 1 is 1.03 bits per heavy atom. The van der Waals surface area contributed by atoms with Gasteiger partial charge < -0.3 is 25.0 Å². The molecule has 0 unspecified atom stereocenters. The van der Waals surface area contributed by atoms with Crippen molar-refractivity contribution in [2.45, 2.75) is 11.3 Å². The Labute approximate surface area is 169 Å². The number of benzene rings is 2. The monoisotopic (exact) mass is 424 g/mol. The third-order valence-corrected chi connectivity index (χ3v) is 5.57. The van der Waals surface area contributed by atoms with Crippen LogP contribution in [0.3, 0.4) is 0 Å². The third-order valence-electron chi connectivity index (χ3n) is 4.11. The number of aliphatic hydroxyl groups is 1. The first-order chi connectivity index (χ1) is 13.8. The minimum Gasteiger partial charge on any atom is -0.493 e.